The van der Waals surface area contributed by atoms with Crippen LogP contribution in [-0.2, 0) is 5.60 Å². The Hall–Kier alpha value is -1.60. The molecule has 3 rings (SSSR count). The van der Waals surface area contributed by atoms with Crippen LogP contribution in [0.4, 0.5) is 0 Å². The lowest BCUT2D eigenvalue weighted by Crippen LogP contribution is -2.34. The van der Waals surface area contributed by atoms with Gasteiger partial charge in [0, 0.05) is 10.0 Å². The average Bonchev–Trinajstić information content (AvgIpc) is 2.61. The van der Waals surface area contributed by atoms with Crippen molar-refractivity contribution in [1.82, 2.24) is 0 Å². The molecular formula is C20H24O. The van der Waals surface area contributed by atoms with Gasteiger partial charge in [0.2, 0.25) is 0 Å². The van der Waals surface area contributed by atoms with Crippen molar-refractivity contribution < 1.29 is 9.22 Å². The summed E-state index contributed by atoms with van der Waals surface area (Å²) in [6, 6.07) is 18.2. The summed E-state index contributed by atoms with van der Waals surface area (Å²) in [5.74, 6) is -1.43. The zero-order valence-corrected chi connectivity index (χ0v) is 12.3. The molecular weight excluding hydrogens is 256 g/mol. The van der Waals surface area contributed by atoms with Crippen molar-refractivity contribution in [2.45, 2.75) is 50.0 Å². The molecule has 21 heavy (non-hydrogen) atoms. The maximum Gasteiger partial charge on any atom is 0.0964 e. The third-order valence-corrected chi connectivity index (χ3v) is 4.23. The molecule has 0 aliphatic heterocycles. The quantitative estimate of drug-likeness (QED) is 0.821. The van der Waals surface area contributed by atoms with Gasteiger partial charge in [-0.2, -0.15) is 0 Å². The molecule has 0 saturated heterocycles. The monoisotopic (exact) mass is 283 g/mol. The third-order valence-electron chi connectivity index (χ3n) is 4.23. The SMILES string of the molecule is [2H]C1([2H])CCCCCC([2H])(c2ccccc2)C1(O)c1ccccc1. The lowest BCUT2D eigenvalue weighted by atomic mass is 9.71. The van der Waals surface area contributed by atoms with Crippen molar-refractivity contribution in [3.8, 4) is 0 Å². The second-order valence-corrected chi connectivity index (χ2v) is 5.66. The van der Waals surface area contributed by atoms with Gasteiger partial charge in [-0.3, -0.25) is 0 Å². The fourth-order valence-corrected chi connectivity index (χ4v) is 3.11. The first-order valence-electron chi connectivity index (χ1n) is 9.25. The first kappa shape index (κ1) is 11.0. The molecule has 1 nitrogen and oxygen atoms in total. The third kappa shape index (κ3) is 3.03. The molecule has 1 heteroatoms. The molecule has 0 bridgehead atoms. The fraction of sp³-hybridized carbons (Fsp3) is 0.400. The van der Waals surface area contributed by atoms with Gasteiger partial charge in [-0.05, 0) is 23.9 Å². The van der Waals surface area contributed by atoms with Crippen LogP contribution in [0.1, 0.15) is 59.6 Å². The van der Waals surface area contributed by atoms with E-state index in [2.05, 4.69) is 0 Å². The summed E-state index contributed by atoms with van der Waals surface area (Å²) < 4.78 is 26.6. The molecule has 1 fully saturated rings. The molecule has 1 aliphatic carbocycles. The highest BCUT2D eigenvalue weighted by atomic mass is 16.3. The van der Waals surface area contributed by atoms with E-state index in [0.717, 1.165) is 19.3 Å². The lowest BCUT2D eigenvalue weighted by molar-refractivity contribution is -0.0114. The van der Waals surface area contributed by atoms with Gasteiger partial charge in [0.15, 0.2) is 0 Å². The Kier molecular flexibility index (Phi) is 3.39. The fourth-order valence-electron chi connectivity index (χ4n) is 3.11. The Morgan fingerprint density at radius 3 is 2.24 bits per heavy atom. The minimum Gasteiger partial charge on any atom is -0.385 e. The molecule has 0 spiro atoms. The summed E-state index contributed by atoms with van der Waals surface area (Å²) in [5.41, 5.74) is -0.749. The van der Waals surface area contributed by atoms with E-state index in [-0.39, 0.29) is 6.42 Å². The van der Waals surface area contributed by atoms with Crippen LogP contribution in [0.2, 0.25) is 0 Å². The van der Waals surface area contributed by atoms with Crippen LogP contribution in [0.25, 0.3) is 0 Å². The molecule has 0 heterocycles. The van der Waals surface area contributed by atoms with Crippen LogP contribution in [0.3, 0.4) is 0 Å². The highest BCUT2D eigenvalue weighted by molar-refractivity contribution is 5.31. The molecule has 2 aromatic carbocycles. The van der Waals surface area contributed by atoms with E-state index in [9.17, 15) is 6.48 Å². The summed E-state index contributed by atoms with van der Waals surface area (Å²) in [6.45, 7) is 0. The molecule has 1 N–H and O–H groups in total. The predicted molar refractivity (Wildman–Crippen MR) is 87.2 cm³/mol. The van der Waals surface area contributed by atoms with Crippen molar-refractivity contribution in [2.24, 2.45) is 0 Å². The van der Waals surface area contributed by atoms with Gasteiger partial charge < -0.3 is 5.11 Å². The van der Waals surface area contributed by atoms with Crippen LogP contribution in [0, 0.1) is 0 Å². The number of rotatable bonds is 2. The van der Waals surface area contributed by atoms with Crippen molar-refractivity contribution in [3.05, 3.63) is 71.8 Å². The van der Waals surface area contributed by atoms with E-state index >= 15 is 0 Å². The average molecular weight is 283 g/mol. The van der Waals surface area contributed by atoms with Gasteiger partial charge in [0.1, 0.15) is 0 Å². The van der Waals surface area contributed by atoms with Crippen LogP contribution in [0.5, 0.6) is 0 Å². The zero-order chi connectivity index (χ0) is 17.3. The Bertz CT molecular complexity index is 674. The smallest absolute Gasteiger partial charge is 0.0964 e. The highest BCUT2D eigenvalue weighted by Gasteiger charge is 2.39. The number of hydrogen-bond donors (Lipinski definition) is 1. The molecule has 0 amide bonds. The lowest BCUT2D eigenvalue weighted by Gasteiger charge is -2.39. The maximum atomic E-state index is 11.8. The number of aliphatic hydroxyl groups is 1. The molecule has 2 atom stereocenters. The standard InChI is InChI=1S/C20H24O/c21-20(18-13-7-4-8-14-18)16-10-2-1-9-15-19(20)17-11-5-3-6-12-17/h3-8,11-14,19,21H,1-2,9-10,15-16H2/i16D2,19D. The number of hydrogen-bond acceptors (Lipinski definition) is 1. The highest BCUT2D eigenvalue weighted by Crippen LogP contribution is 2.45. The van der Waals surface area contributed by atoms with Gasteiger partial charge in [0.25, 0.3) is 0 Å². The van der Waals surface area contributed by atoms with E-state index in [4.69, 9.17) is 2.74 Å². The molecule has 110 valence electrons. The first-order valence-corrected chi connectivity index (χ1v) is 7.75. The van der Waals surface area contributed by atoms with Crippen LogP contribution >= 0.6 is 0 Å². The normalized spacial score (nSPS) is 34.8. The van der Waals surface area contributed by atoms with Crippen LogP contribution < -0.4 is 0 Å². The van der Waals surface area contributed by atoms with Gasteiger partial charge in [-0.15, -0.1) is 0 Å². The molecule has 2 aromatic rings. The molecule has 2 unspecified atom stereocenters. The van der Waals surface area contributed by atoms with Crippen LogP contribution in [0.15, 0.2) is 60.7 Å². The second kappa shape index (κ2) is 6.44. The summed E-state index contributed by atoms with van der Waals surface area (Å²) >= 11 is 0. The summed E-state index contributed by atoms with van der Waals surface area (Å²) in [6.07, 6.45) is 1.23. The van der Waals surface area contributed by atoms with E-state index in [1.807, 2.05) is 36.4 Å². The molecule has 0 radical (unpaired) electrons. The van der Waals surface area contributed by atoms with Gasteiger partial charge in [-0.1, -0.05) is 86.3 Å². The second-order valence-electron chi connectivity index (χ2n) is 5.66. The Labute approximate surface area is 131 Å². The minimum absolute atomic E-state index is 0.256. The van der Waals surface area contributed by atoms with Crippen LogP contribution in [-0.4, -0.2) is 5.11 Å². The largest absolute Gasteiger partial charge is 0.385 e. The minimum atomic E-state index is -1.90. The Balaban J connectivity index is 2.26. The zero-order valence-electron chi connectivity index (χ0n) is 15.3. The van der Waals surface area contributed by atoms with Crippen molar-refractivity contribution in [1.29, 1.82) is 0 Å². The van der Waals surface area contributed by atoms with E-state index in [1.54, 1.807) is 24.3 Å². The maximum absolute atomic E-state index is 11.8. The first-order chi connectivity index (χ1) is 11.4. The van der Waals surface area contributed by atoms with E-state index in [0.29, 0.717) is 17.5 Å². The Morgan fingerprint density at radius 1 is 0.905 bits per heavy atom. The molecule has 0 aromatic heterocycles. The summed E-state index contributed by atoms with van der Waals surface area (Å²) in [4.78, 5) is 0. The predicted octanol–water partition coefficient (Wildman–Crippen LogP) is 5.01. The summed E-state index contributed by atoms with van der Waals surface area (Å²) in [7, 11) is 0. The van der Waals surface area contributed by atoms with E-state index < -0.39 is 17.9 Å². The van der Waals surface area contributed by atoms with Crippen molar-refractivity contribution in [2.75, 3.05) is 0 Å². The van der Waals surface area contributed by atoms with E-state index in [1.165, 1.54) is 0 Å². The van der Waals surface area contributed by atoms with Crippen molar-refractivity contribution >= 4 is 0 Å². The topological polar surface area (TPSA) is 20.2 Å². The Morgan fingerprint density at radius 2 is 1.52 bits per heavy atom. The van der Waals surface area contributed by atoms with Gasteiger partial charge in [-0.25, -0.2) is 0 Å². The molecule has 1 saturated carbocycles. The van der Waals surface area contributed by atoms with Crippen molar-refractivity contribution in [3.63, 3.8) is 0 Å². The molecule has 1 aliphatic rings. The van der Waals surface area contributed by atoms with Gasteiger partial charge in [0.05, 0.1) is 5.60 Å². The van der Waals surface area contributed by atoms with Gasteiger partial charge >= 0.3 is 0 Å². The summed E-state index contributed by atoms with van der Waals surface area (Å²) in [5, 5.41) is 11.8. The number of benzene rings is 2.